The van der Waals surface area contributed by atoms with Crippen molar-refractivity contribution in [3.8, 4) is 22.7 Å². The fraction of sp³-hybridized carbons (Fsp3) is 0.118. The van der Waals surface area contributed by atoms with E-state index in [0.717, 1.165) is 5.69 Å². The van der Waals surface area contributed by atoms with Gasteiger partial charge in [-0.05, 0) is 42.8 Å². The van der Waals surface area contributed by atoms with Gasteiger partial charge in [-0.1, -0.05) is 66.5 Å². The van der Waals surface area contributed by atoms with Crippen LogP contribution in [0.2, 0.25) is 0 Å². The van der Waals surface area contributed by atoms with Crippen LogP contribution in [0.4, 0.5) is 5.69 Å². The summed E-state index contributed by atoms with van der Waals surface area (Å²) in [5.41, 5.74) is 3.19. The summed E-state index contributed by atoms with van der Waals surface area (Å²) >= 11 is 1.17. The molecule has 0 saturated heterocycles. The number of hydrogen-bond donors (Lipinski definition) is 0. The number of carbonyl (C=O) groups is 1. The maximum Gasteiger partial charge on any atom is 0.338 e. The molecule has 0 fully saturated rings. The SMILES string of the molecule is C=CCOC(=O)C1=C(C)N=c2s/c(=C\c3cn(-c4ccccc4)nc3-c3cccc([N+](=O)[O-])c3)c(=O)n2[C@@H]1c1ccc(OC)cc1. The number of nitrogens with zero attached hydrogens (tertiary/aromatic N) is 5. The van der Waals surface area contributed by atoms with E-state index in [1.807, 2.05) is 30.3 Å². The molecule has 0 spiro atoms. The number of non-ortho nitro benzene ring substituents is 1. The Bertz CT molecular complexity index is 2200. The molecule has 0 aliphatic carbocycles. The third-order valence-electron chi connectivity index (χ3n) is 7.39. The molecule has 12 heteroatoms. The molecule has 0 unspecified atom stereocenters. The highest BCUT2D eigenvalue weighted by Crippen LogP contribution is 2.32. The van der Waals surface area contributed by atoms with E-state index in [-0.39, 0.29) is 23.4 Å². The minimum atomic E-state index is -0.815. The topological polar surface area (TPSA) is 131 Å². The van der Waals surface area contributed by atoms with Crippen molar-refractivity contribution in [1.82, 2.24) is 14.3 Å². The maximum absolute atomic E-state index is 14.2. The molecule has 5 aromatic rings. The number of allylic oxidation sites excluding steroid dienone is 1. The fourth-order valence-corrected chi connectivity index (χ4v) is 6.27. The fourth-order valence-electron chi connectivity index (χ4n) is 5.23. The number of aromatic nitrogens is 3. The first-order chi connectivity index (χ1) is 22.3. The van der Waals surface area contributed by atoms with Crippen LogP contribution in [0, 0.1) is 10.1 Å². The molecule has 230 valence electrons. The number of fused-ring (bicyclic) bond motifs is 1. The van der Waals surface area contributed by atoms with Crippen molar-refractivity contribution in [2.75, 3.05) is 13.7 Å². The van der Waals surface area contributed by atoms with Crippen LogP contribution < -0.4 is 19.6 Å². The number of para-hydroxylation sites is 1. The summed E-state index contributed by atoms with van der Waals surface area (Å²) in [6.07, 6.45) is 4.94. The van der Waals surface area contributed by atoms with Crippen LogP contribution >= 0.6 is 11.3 Å². The predicted octanol–water partition coefficient (Wildman–Crippen LogP) is 4.73. The summed E-state index contributed by atoms with van der Waals surface area (Å²) in [7, 11) is 1.56. The lowest BCUT2D eigenvalue weighted by atomic mass is 9.96. The molecule has 1 aliphatic rings. The average molecular weight is 634 g/mol. The summed E-state index contributed by atoms with van der Waals surface area (Å²) < 4.78 is 14.2. The molecule has 0 amide bonds. The molecule has 1 aliphatic heterocycles. The Morgan fingerprint density at radius 1 is 1.11 bits per heavy atom. The lowest BCUT2D eigenvalue weighted by Crippen LogP contribution is -2.39. The molecule has 0 N–H and O–H groups in total. The van der Waals surface area contributed by atoms with Gasteiger partial charge in [-0.3, -0.25) is 19.5 Å². The van der Waals surface area contributed by atoms with Crippen molar-refractivity contribution < 1.29 is 19.2 Å². The first-order valence-corrected chi connectivity index (χ1v) is 14.9. The molecule has 2 aromatic heterocycles. The summed E-state index contributed by atoms with van der Waals surface area (Å²) in [4.78, 5) is 43.7. The third kappa shape index (κ3) is 5.69. The second kappa shape index (κ2) is 12.6. The molecular formula is C34H27N5O6S. The molecular weight excluding hydrogens is 606 g/mol. The van der Waals surface area contributed by atoms with E-state index in [0.29, 0.717) is 43.2 Å². The molecule has 1 atom stereocenters. The molecule has 11 nitrogen and oxygen atoms in total. The van der Waals surface area contributed by atoms with E-state index >= 15 is 0 Å². The van der Waals surface area contributed by atoms with Gasteiger partial charge in [0.05, 0.1) is 39.6 Å². The highest BCUT2D eigenvalue weighted by molar-refractivity contribution is 7.07. The van der Waals surface area contributed by atoms with Gasteiger partial charge in [-0.25, -0.2) is 14.5 Å². The Balaban J connectivity index is 1.55. The van der Waals surface area contributed by atoms with Gasteiger partial charge in [0.25, 0.3) is 11.2 Å². The lowest BCUT2D eigenvalue weighted by molar-refractivity contribution is -0.384. The summed E-state index contributed by atoms with van der Waals surface area (Å²) in [5, 5.41) is 16.3. The number of rotatable bonds is 9. The van der Waals surface area contributed by atoms with E-state index in [1.54, 1.807) is 67.4 Å². The Hall–Kier alpha value is -5.88. The highest BCUT2D eigenvalue weighted by atomic mass is 32.1. The van der Waals surface area contributed by atoms with Crippen molar-refractivity contribution >= 4 is 29.1 Å². The summed E-state index contributed by atoms with van der Waals surface area (Å²) in [6, 6.07) is 21.9. The molecule has 0 radical (unpaired) electrons. The zero-order valence-corrected chi connectivity index (χ0v) is 25.6. The number of esters is 1. The minimum absolute atomic E-state index is 0.00119. The van der Waals surface area contributed by atoms with Crippen molar-refractivity contribution in [2.24, 2.45) is 4.99 Å². The van der Waals surface area contributed by atoms with Crippen LogP contribution in [-0.4, -0.2) is 39.0 Å². The van der Waals surface area contributed by atoms with Crippen molar-refractivity contribution in [1.29, 1.82) is 0 Å². The van der Waals surface area contributed by atoms with Gasteiger partial charge in [0.15, 0.2) is 4.80 Å². The van der Waals surface area contributed by atoms with Crippen LogP contribution in [-0.2, 0) is 9.53 Å². The predicted molar refractivity (Wildman–Crippen MR) is 174 cm³/mol. The van der Waals surface area contributed by atoms with E-state index in [4.69, 9.17) is 14.6 Å². The Kier molecular flexibility index (Phi) is 8.27. The van der Waals surface area contributed by atoms with E-state index in [9.17, 15) is 19.7 Å². The largest absolute Gasteiger partial charge is 0.497 e. The summed E-state index contributed by atoms with van der Waals surface area (Å²) in [6.45, 7) is 5.33. The van der Waals surface area contributed by atoms with Gasteiger partial charge < -0.3 is 9.47 Å². The lowest BCUT2D eigenvalue weighted by Gasteiger charge is -2.24. The van der Waals surface area contributed by atoms with Crippen LogP contribution in [0.15, 0.2) is 119 Å². The number of thiazole rings is 1. The van der Waals surface area contributed by atoms with Gasteiger partial charge >= 0.3 is 5.97 Å². The smallest absolute Gasteiger partial charge is 0.338 e. The zero-order valence-electron chi connectivity index (χ0n) is 24.8. The van der Waals surface area contributed by atoms with Gasteiger partial charge in [0.2, 0.25) is 0 Å². The number of nitro groups is 1. The second-order valence-corrected chi connectivity index (χ2v) is 11.3. The standard InChI is InChI=1S/C34H27N5O6S/c1-4-17-45-33(41)29-21(2)35-34-38(31(29)22-13-15-27(44-3)16-14-22)32(40)28(46-34)19-24-20-37(25-10-6-5-7-11-25)36-30(24)23-9-8-12-26(18-23)39(42)43/h4-16,18-20,31H,1,17H2,2-3H3/b28-19-/t31-/m1/s1. The van der Waals surface area contributed by atoms with Crippen LogP contribution in [0.3, 0.4) is 0 Å². The second-order valence-electron chi connectivity index (χ2n) is 10.3. The van der Waals surface area contributed by atoms with Gasteiger partial charge in [-0.2, -0.15) is 5.10 Å². The van der Waals surface area contributed by atoms with Crippen LogP contribution in [0.1, 0.15) is 24.1 Å². The monoisotopic (exact) mass is 633 g/mol. The number of ether oxygens (including phenoxy) is 2. The Morgan fingerprint density at radius 2 is 1.87 bits per heavy atom. The van der Waals surface area contributed by atoms with Gasteiger partial charge in [-0.15, -0.1) is 0 Å². The molecule has 0 bridgehead atoms. The van der Waals surface area contributed by atoms with Crippen LogP contribution in [0.25, 0.3) is 23.0 Å². The van der Waals surface area contributed by atoms with Crippen molar-refractivity contribution in [3.63, 3.8) is 0 Å². The highest BCUT2D eigenvalue weighted by Gasteiger charge is 2.33. The molecule has 6 rings (SSSR count). The molecule has 3 heterocycles. The van der Waals surface area contributed by atoms with E-state index in [1.165, 1.54) is 34.1 Å². The third-order valence-corrected chi connectivity index (χ3v) is 8.37. The molecule has 0 saturated carbocycles. The molecule has 46 heavy (non-hydrogen) atoms. The van der Waals surface area contributed by atoms with Gasteiger partial charge in [0.1, 0.15) is 18.1 Å². The normalized spacial score (nSPS) is 14.4. The number of hydrogen-bond acceptors (Lipinski definition) is 9. The first-order valence-electron chi connectivity index (χ1n) is 14.1. The number of nitro benzene ring substituents is 1. The maximum atomic E-state index is 14.2. The van der Waals surface area contributed by atoms with Crippen molar-refractivity contribution in [2.45, 2.75) is 13.0 Å². The number of carbonyl (C=O) groups excluding carboxylic acids is 1. The molecule has 3 aromatic carbocycles. The van der Waals surface area contributed by atoms with E-state index < -0.39 is 16.9 Å². The van der Waals surface area contributed by atoms with Gasteiger partial charge in [0, 0.05) is 29.5 Å². The average Bonchev–Trinajstić information content (AvgIpc) is 3.64. The number of methoxy groups -OCH3 is 1. The minimum Gasteiger partial charge on any atom is -0.497 e. The Labute approximate surface area is 266 Å². The zero-order chi connectivity index (χ0) is 32.4. The number of benzene rings is 3. The quantitative estimate of drug-likeness (QED) is 0.0993. The van der Waals surface area contributed by atoms with Crippen molar-refractivity contribution in [3.05, 3.63) is 150 Å². The Morgan fingerprint density at radius 3 is 2.57 bits per heavy atom. The summed E-state index contributed by atoms with van der Waals surface area (Å²) in [5.74, 6) is 0.0186. The first kappa shape index (κ1) is 30.2. The van der Waals surface area contributed by atoms with Crippen LogP contribution in [0.5, 0.6) is 5.75 Å². The van der Waals surface area contributed by atoms with E-state index in [2.05, 4.69) is 11.6 Å².